The van der Waals surface area contributed by atoms with Gasteiger partial charge in [-0.2, -0.15) is 11.8 Å². The molecule has 96 valence electrons. The van der Waals surface area contributed by atoms with Crippen molar-refractivity contribution in [3.8, 4) is 5.75 Å². The van der Waals surface area contributed by atoms with Crippen molar-refractivity contribution >= 4 is 27.7 Å². The third kappa shape index (κ3) is 5.32. The van der Waals surface area contributed by atoms with Gasteiger partial charge in [-0.15, -0.1) is 0 Å². The molecular formula is C13H20BrNOS. The van der Waals surface area contributed by atoms with Crippen LogP contribution in [0.2, 0.25) is 0 Å². The molecule has 0 saturated carbocycles. The molecule has 17 heavy (non-hydrogen) atoms. The molecule has 1 aromatic carbocycles. The van der Waals surface area contributed by atoms with Crippen molar-refractivity contribution < 1.29 is 4.74 Å². The maximum absolute atomic E-state index is 5.83. The van der Waals surface area contributed by atoms with Crippen LogP contribution in [0.1, 0.15) is 18.9 Å². The summed E-state index contributed by atoms with van der Waals surface area (Å²) >= 11 is 5.35. The molecule has 0 heterocycles. The van der Waals surface area contributed by atoms with Gasteiger partial charge in [0, 0.05) is 17.9 Å². The van der Waals surface area contributed by atoms with Gasteiger partial charge in [0.25, 0.3) is 0 Å². The van der Waals surface area contributed by atoms with Crippen LogP contribution in [0.3, 0.4) is 0 Å². The predicted octanol–water partition coefficient (Wildman–Crippen LogP) is 3.69. The molecule has 0 spiro atoms. The van der Waals surface area contributed by atoms with Crippen LogP contribution >= 0.6 is 27.7 Å². The highest BCUT2D eigenvalue weighted by Crippen LogP contribution is 2.29. The highest BCUT2D eigenvalue weighted by molar-refractivity contribution is 9.10. The zero-order valence-electron chi connectivity index (χ0n) is 10.5. The van der Waals surface area contributed by atoms with Gasteiger partial charge in [0.05, 0.1) is 11.1 Å². The van der Waals surface area contributed by atoms with Gasteiger partial charge in [-0.3, -0.25) is 0 Å². The van der Waals surface area contributed by atoms with Crippen LogP contribution in [0.15, 0.2) is 22.7 Å². The Balaban J connectivity index is 2.63. The lowest BCUT2D eigenvalue weighted by Crippen LogP contribution is -2.15. The van der Waals surface area contributed by atoms with Gasteiger partial charge in [0.2, 0.25) is 0 Å². The number of thioether (sulfide) groups is 1. The third-order valence-corrected chi connectivity index (χ3v) is 3.52. The molecule has 0 fully saturated rings. The Bertz CT molecular complexity index is 333. The fourth-order valence-corrected chi connectivity index (χ4v) is 2.25. The summed E-state index contributed by atoms with van der Waals surface area (Å²) in [5.74, 6) is 1.99. The minimum absolute atomic E-state index is 0.755. The van der Waals surface area contributed by atoms with Gasteiger partial charge in [-0.1, -0.05) is 19.1 Å². The van der Waals surface area contributed by atoms with Crippen molar-refractivity contribution in [3.05, 3.63) is 28.2 Å². The first kappa shape index (κ1) is 14.9. The third-order valence-electron chi connectivity index (χ3n) is 2.32. The average molecular weight is 318 g/mol. The summed E-state index contributed by atoms with van der Waals surface area (Å²) in [4.78, 5) is 0. The van der Waals surface area contributed by atoms with Crippen molar-refractivity contribution in [1.82, 2.24) is 5.32 Å². The van der Waals surface area contributed by atoms with E-state index in [1.54, 1.807) is 11.8 Å². The van der Waals surface area contributed by atoms with Crippen molar-refractivity contribution in [2.24, 2.45) is 0 Å². The molecule has 0 amide bonds. The molecule has 2 nitrogen and oxygen atoms in total. The second-order valence-corrected chi connectivity index (χ2v) is 5.59. The smallest absolute Gasteiger partial charge is 0.137 e. The summed E-state index contributed by atoms with van der Waals surface area (Å²) in [6.07, 6.45) is 3.24. The number of ether oxygens (including phenoxy) is 1. The van der Waals surface area contributed by atoms with E-state index in [4.69, 9.17) is 4.74 Å². The molecular weight excluding hydrogens is 298 g/mol. The van der Waals surface area contributed by atoms with E-state index in [0.29, 0.717) is 0 Å². The lowest BCUT2D eigenvalue weighted by molar-refractivity contribution is 0.337. The number of rotatable bonds is 8. The number of nitrogens with one attached hydrogen (secondary N) is 1. The van der Waals surface area contributed by atoms with Crippen LogP contribution in [0.4, 0.5) is 0 Å². The topological polar surface area (TPSA) is 21.3 Å². The molecule has 0 bridgehead atoms. The van der Waals surface area contributed by atoms with Gasteiger partial charge in [-0.05, 0) is 41.2 Å². The van der Waals surface area contributed by atoms with E-state index in [0.717, 1.165) is 42.1 Å². The zero-order valence-corrected chi connectivity index (χ0v) is 12.9. The summed E-state index contributed by atoms with van der Waals surface area (Å²) in [6, 6.07) is 6.19. The fraction of sp³-hybridized carbons (Fsp3) is 0.538. The Hall–Kier alpha value is -0.190. The van der Waals surface area contributed by atoms with Gasteiger partial charge in [0.15, 0.2) is 0 Å². The van der Waals surface area contributed by atoms with Gasteiger partial charge < -0.3 is 10.1 Å². The molecule has 0 atom stereocenters. The molecule has 0 aliphatic rings. The molecule has 1 N–H and O–H groups in total. The van der Waals surface area contributed by atoms with Crippen molar-refractivity contribution in [1.29, 1.82) is 0 Å². The average Bonchev–Trinajstić information content (AvgIpc) is 2.33. The van der Waals surface area contributed by atoms with Crippen LogP contribution < -0.4 is 10.1 Å². The van der Waals surface area contributed by atoms with Crippen LogP contribution in [-0.4, -0.2) is 25.2 Å². The van der Waals surface area contributed by atoms with Crippen LogP contribution in [0.25, 0.3) is 0 Å². The maximum atomic E-state index is 5.83. The summed E-state index contributed by atoms with van der Waals surface area (Å²) < 4.78 is 6.87. The summed E-state index contributed by atoms with van der Waals surface area (Å²) in [6.45, 7) is 4.83. The lowest BCUT2D eigenvalue weighted by Gasteiger charge is -2.13. The van der Waals surface area contributed by atoms with E-state index < -0.39 is 0 Å². The molecule has 0 saturated heterocycles. The largest absolute Gasteiger partial charge is 0.491 e. The second-order valence-electron chi connectivity index (χ2n) is 3.75. The molecule has 0 aliphatic heterocycles. The quantitative estimate of drug-likeness (QED) is 0.739. The van der Waals surface area contributed by atoms with E-state index in [-0.39, 0.29) is 0 Å². The molecule has 1 aromatic rings. The Morgan fingerprint density at radius 2 is 2.24 bits per heavy atom. The second kappa shape index (κ2) is 8.84. The van der Waals surface area contributed by atoms with Crippen LogP contribution in [0.5, 0.6) is 5.75 Å². The Labute approximate surface area is 117 Å². The van der Waals surface area contributed by atoms with E-state index in [1.165, 1.54) is 5.56 Å². The maximum Gasteiger partial charge on any atom is 0.137 e. The van der Waals surface area contributed by atoms with E-state index in [9.17, 15) is 0 Å². The molecule has 1 rings (SSSR count). The molecule has 0 radical (unpaired) electrons. The Morgan fingerprint density at radius 3 is 2.94 bits per heavy atom. The van der Waals surface area contributed by atoms with E-state index >= 15 is 0 Å². The highest BCUT2D eigenvalue weighted by atomic mass is 79.9. The van der Waals surface area contributed by atoms with Crippen molar-refractivity contribution in [2.75, 3.05) is 25.2 Å². The standard InChI is InChI=1S/C13H20BrNOS/c1-3-7-15-10-11-5-4-6-12(14)13(11)16-8-9-17-2/h4-6,15H,3,7-10H2,1-2H3. The molecule has 0 aromatic heterocycles. The molecule has 0 aliphatic carbocycles. The SMILES string of the molecule is CCCNCc1cccc(Br)c1OCCSC. The fourth-order valence-electron chi connectivity index (χ4n) is 1.48. The van der Waals surface area contributed by atoms with E-state index in [1.807, 2.05) is 6.07 Å². The Morgan fingerprint density at radius 1 is 1.41 bits per heavy atom. The Kier molecular flexibility index (Phi) is 7.73. The number of hydrogen-bond acceptors (Lipinski definition) is 3. The summed E-state index contributed by atoms with van der Waals surface area (Å²) in [5.41, 5.74) is 1.22. The monoisotopic (exact) mass is 317 g/mol. The molecule has 0 unspecified atom stereocenters. The number of hydrogen-bond donors (Lipinski definition) is 1. The minimum atomic E-state index is 0.755. The number of halogens is 1. The minimum Gasteiger partial charge on any atom is -0.491 e. The van der Waals surface area contributed by atoms with E-state index in [2.05, 4.69) is 46.6 Å². The van der Waals surface area contributed by atoms with Crippen molar-refractivity contribution in [3.63, 3.8) is 0 Å². The van der Waals surface area contributed by atoms with Gasteiger partial charge in [-0.25, -0.2) is 0 Å². The first-order valence-corrected chi connectivity index (χ1v) is 8.08. The van der Waals surface area contributed by atoms with Gasteiger partial charge >= 0.3 is 0 Å². The zero-order chi connectivity index (χ0) is 12.5. The highest BCUT2D eigenvalue weighted by Gasteiger charge is 2.07. The van der Waals surface area contributed by atoms with Crippen molar-refractivity contribution in [2.45, 2.75) is 19.9 Å². The first-order valence-electron chi connectivity index (χ1n) is 5.89. The number of benzene rings is 1. The van der Waals surface area contributed by atoms with Crippen LogP contribution in [0, 0.1) is 0 Å². The summed E-state index contributed by atoms with van der Waals surface area (Å²) in [7, 11) is 0. The molecule has 4 heteroatoms. The van der Waals surface area contributed by atoms with Crippen LogP contribution in [-0.2, 0) is 6.54 Å². The summed E-state index contributed by atoms with van der Waals surface area (Å²) in [5, 5.41) is 3.40. The van der Waals surface area contributed by atoms with Gasteiger partial charge in [0.1, 0.15) is 5.75 Å². The predicted molar refractivity (Wildman–Crippen MR) is 80.0 cm³/mol. The first-order chi connectivity index (χ1) is 8.29. The lowest BCUT2D eigenvalue weighted by atomic mass is 10.2. The number of para-hydroxylation sites is 1. The normalized spacial score (nSPS) is 10.5.